The van der Waals surface area contributed by atoms with E-state index in [2.05, 4.69) is 13.0 Å². The second kappa shape index (κ2) is 3.92. The van der Waals surface area contributed by atoms with E-state index < -0.39 is 0 Å². The van der Waals surface area contributed by atoms with Crippen molar-refractivity contribution in [3.63, 3.8) is 0 Å². The molecule has 1 aromatic carbocycles. The van der Waals surface area contributed by atoms with Crippen molar-refractivity contribution in [2.75, 3.05) is 7.11 Å². The maximum Gasteiger partial charge on any atom is 0.123 e. The van der Waals surface area contributed by atoms with Crippen LogP contribution < -0.4 is 4.74 Å². The Bertz CT molecular complexity index is 518. The van der Waals surface area contributed by atoms with Gasteiger partial charge in [0.1, 0.15) is 5.75 Å². The largest absolute Gasteiger partial charge is 0.496 e. The van der Waals surface area contributed by atoms with E-state index in [9.17, 15) is 0 Å². The van der Waals surface area contributed by atoms with Gasteiger partial charge in [-0.2, -0.15) is 5.26 Å². The summed E-state index contributed by atoms with van der Waals surface area (Å²) >= 11 is 6.30. The Hall–Kier alpha value is -1.20. The first-order chi connectivity index (χ1) is 7.95. The third-order valence-electron chi connectivity index (χ3n) is 3.83. The highest BCUT2D eigenvalue weighted by atomic mass is 35.5. The molecule has 0 aliphatic heterocycles. The van der Waals surface area contributed by atoms with Crippen LogP contribution in [0.3, 0.4) is 0 Å². The van der Waals surface area contributed by atoms with E-state index in [0.29, 0.717) is 0 Å². The van der Waals surface area contributed by atoms with Gasteiger partial charge in [0, 0.05) is 16.0 Å². The first-order valence-corrected chi connectivity index (χ1v) is 6.07. The third kappa shape index (κ3) is 1.70. The van der Waals surface area contributed by atoms with Crippen LogP contribution in [0.15, 0.2) is 6.07 Å². The smallest absolute Gasteiger partial charge is 0.123 e. The number of hydrogen-bond donors (Lipinski definition) is 0. The Kier molecular flexibility index (Phi) is 2.83. The summed E-state index contributed by atoms with van der Waals surface area (Å²) in [7, 11) is 1.67. The van der Waals surface area contributed by atoms with Crippen molar-refractivity contribution < 1.29 is 4.74 Å². The monoisotopic (exact) mass is 249 g/mol. The zero-order chi connectivity index (χ0) is 12.8. The van der Waals surface area contributed by atoms with Crippen molar-refractivity contribution in [1.82, 2.24) is 0 Å². The summed E-state index contributed by atoms with van der Waals surface area (Å²) in [5, 5.41) is 9.84. The Labute approximate surface area is 107 Å². The summed E-state index contributed by atoms with van der Waals surface area (Å²) in [5.74, 6) is 0.929. The van der Waals surface area contributed by atoms with Gasteiger partial charge in [-0.05, 0) is 37.5 Å². The minimum Gasteiger partial charge on any atom is -0.496 e. The number of nitrogens with zero attached hydrogens (tertiary/aromatic N) is 1. The van der Waals surface area contributed by atoms with Crippen LogP contribution >= 0.6 is 11.6 Å². The van der Waals surface area contributed by atoms with Crippen LogP contribution in [-0.2, 0) is 5.41 Å². The molecule has 2 unspecified atom stereocenters. The van der Waals surface area contributed by atoms with Gasteiger partial charge in [0.15, 0.2) is 0 Å². The highest BCUT2D eigenvalue weighted by Gasteiger charge is 2.54. The number of nitriles is 1. The molecule has 2 atom stereocenters. The van der Waals surface area contributed by atoms with E-state index in [0.717, 1.165) is 33.9 Å². The van der Waals surface area contributed by atoms with Crippen molar-refractivity contribution in [1.29, 1.82) is 5.26 Å². The van der Waals surface area contributed by atoms with Gasteiger partial charge >= 0.3 is 0 Å². The Balaban J connectivity index is 2.62. The summed E-state index contributed by atoms with van der Waals surface area (Å²) in [5.41, 5.74) is 3.06. The average Bonchev–Trinajstić information content (AvgIpc) is 2.97. The molecule has 1 aromatic rings. The van der Waals surface area contributed by atoms with Crippen LogP contribution in [-0.4, -0.2) is 7.11 Å². The van der Waals surface area contributed by atoms with E-state index in [-0.39, 0.29) is 11.3 Å². The SMILES string of the molecule is COc1cc(C)c(Cl)c(C)c1C1(C)CC1C#N. The minimum atomic E-state index is -0.0957. The molecular formula is C14H16ClNO. The van der Waals surface area contributed by atoms with E-state index in [4.69, 9.17) is 21.6 Å². The third-order valence-corrected chi connectivity index (χ3v) is 4.41. The van der Waals surface area contributed by atoms with Crippen molar-refractivity contribution in [2.24, 2.45) is 5.92 Å². The van der Waals surface area contributed by atoms with Crippen molar-refractivity contribution in [2.45, 2.75) is 32.6 Å². The van der Waals surface area contributed by atoms with Crippen LogP contribution in [0.5, 0.6) is 5.75 Å². The molecule has 0 N–H and O–H groups in total. The number of halogens is 1. The Morgan fingerprint density at radius 1 is 1.53 bits per heavy atom. The maximum absolute atomic E-state index is 9.06. The van der Waals surface area contributed by atoms with Gasteiger partial charge in [0.2, 0.25) is 0 Å². The quantitative estimate of drug-likeness (QED) is 0.799. The van der Waals surface area contributed by atoms with E-state index in [1.807, 2.05) is 19.9 Å². The van der Waals surface area contributed by atoms with Crippen molar-refractivity contribution in [3.05, 3.63) is 27.8 Å². The van der Waals surface area contributed by atoms with Gasteiger partial charge in [-0.1, -0.05) is 18.5 Å². The number of benzene rings is 1. The number of aryl methyl sites for hydroxylation is 1. The number of ether oxygens (including phenoxy) is 1. The fourth-order valence-corrected chi connectivity index (χ4v) is 2.77. The number of methoxy groups -OCH3 is 1. The average molecular weight is 250 g/mol. The van der Waals surface area contributed by atoms with Gasteiger partial charge in [0.25, 0.3) is 0 Å². The van der Waals surface area contributed by atoms with Gasteiger partial charge in [-0.3, -0.25) is 0 Å². The van der Waals surface area contributed by atoms with Crippen LogP contribution in [0.25, 0.3) is 0 Å². The highest BCUT2D eigenvalue weighted by Crippen LogP contribution is 2.57. The van der Waals surface area contributed by atoms with Crippen LogP contribution in [0.2, 0.25) is 5.02 Å². The summed E-state index contributed by atoms with van der Waals surface area (Å²) in [6.07, 6.45) is 0.889. The van der Waals surface area contributed by atoms with E-state index in [1.165, 1.54) is 0 Å². The lowest BCUT2D eigenvalue weighted by molar-refractivity contribution is 0.403. The van der Waals surface area contributed by atoms with E-state index in [1.54, 1.807) is 7.11 Å². The first kappa shape index (κ1) is 12.3. The normalized spacial score (nSPS) is 26.5. The Morgan fingerprint density at radius 2 is 2.18 bits per heavy atom. The second-order valence-electron chi connectivity index (χ2n) is 5.01. The molecule has 0 spiro atoms. The molecule has 1 aliphatic rings. The fourth-order valence-electron chi connectivity index (χ4n) is 2.62. The van der Waals surface area contributed by atoms with Crippen LogP contribution in [0.1, 0.15) is 30.0 Å². The minimum absolute atomic E-state index is 0.0777. The molecule has 0 aromatic heterocycles. The second-order valence-corrected chi connectivity index (χ2v) is 5.39. The zero-order valence-corrected chi connectivity index (χ0v) is 11.4. The highest BCUT2D eigenvalue weighted by molar-refractivity contribution is 6.32. The van der Waals surface area contributed by atoms with Gasteiger partial charge in [-0.25, -0.2) is 0 Å². The molecule has 0 radical (unpaired) electrons. The zero-order valence-electron chi connectivity index (χ0n) is 10.6. The first-order valence-electron chi connectivity index (χ1n) is 5.69. The molecule has 1 fully saturated rings. The lowest BCUT2D eigenvalue weighted by Gasteiger charge is -2.20. The van der Waals surface area contributed by atoms with Gasteiger partial charge in [0.05, 0.1) is 19.1 Å². The molecule has 0 saturated heterocycles. The topological polar surface area (TPSA) is 33.0 Å². The van der Waals surface area contributed by atoms with E-state index >= 15 is 0 Å². The lowest BCUT2D eigenvalue weighted by Crippen LogP contribution is -2.10. The number of rotatable bonds is 2. The molecule has 0 amide bonds. The maximum atomic E-state index is 9.06. The molecule has 1 aliphatic carbocycles. The van der Waals surface area contributed by atoms with Crippen LogP contribution in [0, 0.1) is 31.1 Å². The Morgan fingerprint density at radius 3 is 2.65 bits per heavy atom. The molecule has 0 bridgehead atoms. The number of hydrogen-bond acceptors (Lipinski definition) is 2. The molecule has 1 saturated carbocycles. The van der Waals surface area contributed by atoms with Crippen LogP contribution in [0.4, 0.5) is 0 Å². The summed E-state index contributed by atoms with van der Waals surface area (Å²) in [6, 6.07) is 4.30. The summed E-state index contributed by atoms with van der Waals surface area (Å²) in [6.45, 7) is 6.08. The molecule has 90 valence electrons. The fraction of sp³-hybridized carbons (Fsp3) is 0.500. The van der Waals surface area contributed by atoms with Crippen molar-refractivity contribution >= 4 is 11.6 Å². The summed E-state index contributed by atoms with van der Waals surface area (Å²) in [4.78, 5) is 0. The molecule has 3 heteroatoms. The lowest BCUT2D eigenvalue weighted by atomic mass is 9.89. The molecule has 0 heterocycles. The predicted octanol–water partition coefficient (Wildman–Crippen LogP) is 3.77. The molecular weight excluding hydrogens is 234 g/mol. The standard InChI is InChI=1S/C14H16ClNO/c1-8-5-11(17-4)12(9(2)13(8)15)14(3)6-10(14)7-16/h5,10H,6H2,1-4H3. The predicted molar refractivity (Wildman–Crippen MR) is 68.6 cm³/mol. The molecule has 2 nitrogen and oxygen atoms in total. The molecule has 17 heavy (non-hydrogen) atoms. The summed E-state index contributed by atoms with van der Waals surface area (Å²) < 4.78 is 5.45. The van der Waals surface area contributed by atoms with Gasteiger partial charge in [-0.15, -0.1) is 0 Å². The molecule has 2 rings (SSSR count). The van der Waals surface area contributed by atoms with Crippen molar-refractivity contribution in [3.8, 4) is 11.8 Å². The van der Waals surface area contributed by atoms with Gasteiger partial charge < -0.3 is 4.74 Å².